The molecule has 1 atom stereocenters. The van der Waals surface area contributed by atoms with Crippen molar-refractivity contribution in [1.82, 2.24) is 15.2 Å². The first-order valence-electron chi connectivity index (χ1n) is 5.14. The van der Waals surface area contributed by atoms with Crippen LogP contribution in [0.3, 0.4) is 0 Å². The molecule has 0 bridgehead atoms. The molecule has 0 aliphatic carbocycles. The molecule has 0 spiro atoms. The summed E-state index contributed by atoms with van der Waals surface area (Å²) in [4.78, 5) is 28.6. The van der Waals surface area contributed by atoms with E-state index >= 15 is 0 Å². The average Bonchev–Trinajstić information content (AvgIpc) is 2.27. The summed E-state index contributed by atoms with van der Waals surface area (Å²) in [5.74, 6) is -0.167. The van der Waals surface area contributed by atoms with Crippen LogP contribution in [0.4, 0.5) is 0 Å². The molecule has 0 saturated carbocycles. The van der Waals surface area contributed by atoms with Gasteiger partial charge in [-0.05, 0) is 18.6 Å². The Bertz CT molecular complexity index is 405. The maximum Gasteiger partial charge on any atom is 0.245 e. The Morgan fingerprint density at radius 3 is 3.06 bits per heavy atom. The fraction of sp³-hybridized carbons (Fsp3) is 0.364. The van der Waals surface area contributed by atoms with Crippen molar-refractivity contribution in [2.45, 2.75) is 19.5 Å². The summed E-state index contributed by atoms with van der Waals surface area (Å²) >= 11 is 0. The minimum Gasteiger partial charge on any atom is -0.343 e. The van der Waals surface area contributed by atoms with E-state index in [2.05, 4.69) is 10.3 Å². The van der Waals surface area contributed by atoms with Gasteiger partial charge in [0.2, 0.25) is 11.8 Å². The van der Waals surface area contributed by atoms with Crippen molar-refractivity contribution in [2.24, 2.45) is 0 Å². The predicted molar refractivity (Wildman–Crippen MR) is 57.3 cm³/mol. The minimum absolute atomic E-state index is 0.0524. The molecule has 1 aromatic heterocycles. The van der Waals surface area contributed by atoms with E-state index in [0.717, 1.165) is 5.56 Å². The summed E-state index contributed by atoms with van der Waals surface area (Å²) in [7, 11) is 0. The van der Waals surface area contributed by atoms with Crippen molar-refractivity contribution < 1.29 is 9.59 Å². The van der Waals surface area contributed by atoms with E-state index in [-0.39, 0.29) is 18.4 Å². The van der Waals surface area contributed by atoms with Gasteiger partial charge in [-0.1, -0.05) is 6.07 Å². The third kappa shape index (κ3) is 2.18. The number of nitrogens with one attached hydrogen (secondary N) is 1. The van der Waals surface area contributed by atoms with Gasteiger partial charge in [-0.25, -0.2) is 0 Å². The molecule has 16 heavy (non-hydrogen) atoms. The lowest BCUT2D eigenvalue weighted by Gasteiger charge is -2.30. The van der Waals surface area contributed by atoms with Crippen LogP contribution in [-0.2, 0) is 16.1 Å². The molecule has 84 valence electrons. The Hall–Kier alpha value is -1.91. The second kappa shape index (κ2) is 4.30. The van der Waals surface area contributed by atoms with Crippen LogP contribution in [0.5, 0.6) is 0 Å². The quantitative estimate of drug-likeness (QED) is 0.757. The largest absolute Gasteiger partial charge is 0.343 e. The van der Waals surface area contributed by atoms with Crippen LogP contribution in [0.1, 0.15) is 12.5 Å². The van der Waals surface area contributed by atoms with E-state index in [9.17, 15) is 9.59 Å². The third-order valence-corrected chi connectivity index (χ3v) is 2.49. The maximum atomic E-state index is 11.8. The molecule has 2 amide bonds. The van der Waals surface area contributed by atoms with Crippen molar-refractivity contribution >= 4 is 11.8 Å². The summed E-state index contributed by atoms with van der Waals surface area (Å²) in [6.07, 6.45) is 3.38. The number of rotatable bonds is 2. The van der Waals surface area contributed by atoms with E-state index in [1.54, 1.807) is 24.2 Å². The molecule has 1 aliphatic rings. The molecule has 1 unspecified atom stereocenters. The minimum atomic E-state index is -0.432. The summed E-state index contributed by atoms with van der Waals surface area (Å²) in [5.41, 5.74) is 0.928. The van der Waals surface area contributed by atoms with Gasteiger partial charge in [-0.2, -0.15) is 0 Å². The number of carbonyl (C=O) groups is 2. The Morgan fingerprint density at radius 1 is 1.56 bits per heavy atom. The molecule has 5 nitrogen and oxygen atoms in total. The van der Waals surface area contributed by atoms with Crippen LogP contribution in [0.15, 0.2) is 24.5 Å². The standard InChI is InChI=1S/C11H13N3O2/c1-8-11(16)14(7-10(15)13-8)6-9-3-2-4-12-5-9/h2-5,8H,6-7H2,1H3,(H,13,15). The highest BCUT2D eigenvalue weighted by Gasteiger charge is 2.29. The van der Waals surface area contributed by atoms with Gasteiger partial charge in [0.25, 0.3) is 0 Å². The Morgan fingerprint density at radius 2 is 2.38 bits per heavy atom. The smallest absolute Gasteiger partial charge is 0.245 e. The van der Waals surface area contributed by atoms with E-state index in [1.165, 1.54) is 0 Å². The molecular weight excluding hydrogens is 206 g/mol. The Labute approximate surface area is 93.5 Å². The van der Waals surface area contributed by atoms with Crippen LogP contribution in [0, 0.1) is 0 Å². The second-order valence-corrected chi connectivity index (χ2v) is 3.84. The Balaban J connectivity index is 2.09. The third-order valence-electron chi connectivity index (χ3n) is 2.49. The normalized spacial score (nSPS) is 20.8. The first-order chi connectivity index (χ1) is 7.66. The first-order valence-corrected chi connectivity index (χ1v) is 5.14. The van der Waals surface area contributed by atoms with Crippen molar-refractivity contribution in [3.8, 4) is 0 Å². The highest BCUT2D eigenvalue weighted by molar-refractivity contribution is 5.94. The number of nitrogens with zero attached hydrogens (tertiary/aromatic N) is 2. The van der Waals surface area contributed by atoms with Gasteiger partial charge < -0.3 is 10.2 Å². The van der Waals surface area contributed by atoms with E-state index < -0.39 is 6.04 Å². The SMILES string of the molecule is CC1NC(=O)CN(Cc2cccnc2)C1=O. The zero-order valence-electron chi connectivity index (χ0n) is 9.01. The monoisotopic (exact) mass is 219 g/mol. The number of carbonyl (C=O) groups excluding carboxylic acids is 2. The van der Waals surface area contributed by atoms with Crippen molar-refractivity contribution in [1.29, 1.82) is 0 Å². The zero-order chi connectivity index (χ0) is 11.5. The van der Waals surface area contributed by atoms with Crippen LogP contribution in [0.25, 0.3) is 0 Å². The number of aromatic nitrogens is 1. The van der Waals surface area contributed by atoms with Gasteiger partial charge in [0.1, 0.15) is 6.04 Å². The lowest BCUT2D eigenvalue weighted by molar-refractivity contribution is -0.144. The lowest BCUT2D eigenvalue weighted by atomic mass is 10.2. The molecule has 1 fully saturated rings. The summed E-state index contributed by atoms with van der Waals surface area (Å²) in [6, 6.07) is 3.27. The number of hydrogen-bond acceptors (Lipinski definition) is 3. The average molecular weight is 219 g/mol. The van der Waals surface area contributed by atoms with Gasteiger partial charge >= 0.3 is 0 Å². The van der Waals surface area contributed by atoms with Crippen molar-refractivity contribution in [3.05, 3.63) is 30.1 Å². The van der Waals surface area contributed by atoms with Crippen molar-refractivity contribution in [2.75, 3.05) is 6.54 Å². The highest BCUT2D eigenvalue weighted by Crippen LogP contribution is 2.08. The number of pyridine rings is 1. The van der Waals surface area contributed by atoms with E-state index in [4.69, 9.17) is 0 Å². The molecule has 1 N–H and O–H groups in total. The molecule has 5 heteroatoms. The zero-order valence-corrected chi connectivity index (χ0v) is 9.01. The first kappa shape index (κ1) is 10.6. The van der Waals surface area contributed by atoms with Crippen LogP contribution < -0.4 is 5.32 Å². The summed E-state index contributed by atoms with van der Waals surface area (Å²) < 4.78 is 0. The fourth-order valence-corrected chi connectivity index (χ4v) is 1.72. The molecule has 2 rings (SSSR count). The fourth-order valence-electron chi connectivity index (χ4n) is 1.72. The molecule has 2 heterocycles. The van der Waals surface area contributed by atoms with Crippen LogP contribution >= 0.6 is 0 Å². The van der Waals surface area contributed by atoms with Gasteiger partial charge in [0.05, 0.1) is 6.54 Å². The molecule has 0 aromatic carbocycles. The van der Waals surface area contributed by atoms with E-state index in [1.807, 2.05) is 12.1 Å². The highest BCUT2D eigenvalue weighted by atomic mass is 16.2. The predicted octanol–water partition coefficient (Wildman–Crippen LogP) is -0.0715. The Kier molecular flexibility index (Phi) is 2.85. The molecule has 1 aliphatic heterocycles. The summed E-state index contributed by atoms with van der Waals surface area (Å²) in [6.45, 7) is 2.25. The number of piperazine rings is 1. The van der Waals surface area contributed by atoms with Gasteiger partial charge in [0.15, 0.2) is 0 Å². The van der Waals surface area contributed by atoms with Gasteiger partial charge in [0, 0.05) is 18.9 Å². The summed E-state index contributed by atoms with van der Waals surface area (Å²) in [5, 5.41) is 2.60. The van der Waals surface area contributed by atoms with Gasteiger partial charge in [-0.3, -0.25) is 14.6 Å². The number of amides is 2. The topological polar surface area (TPSA) is 62.3 Å². The van der Waals surface area contributed by atoms with Crippen LogP contribution in [-0.4, -0.2) is 34.3 Å². The second-order valence-electron chi connectivity index (χ2n) is 3.84. The molecule has 1 saturated heterocycles. The molecular formula is C11H13N3O2. The number of hydrogen-bond donors (Lipinski definition) is 1. The van der Waals surface area contributed by atoms with E-state index in [0.29, 0.717) is 6.54 Å². The lowest BCUT2D eigenvalue weighted by Crippen LogP contribution is -2.56. The molecule has 0 radical (unpaired) electrons. The van der Waals surface area contributed by atoms with Gasteiger partial charge in [-0.15, -0.1) is 0 Å². The molecule has 1 aromatic rings. The maximum absolute atomic E-state index is 11.8. The van der Waals surface area contributed by atoms with Crippen molar-refractivity contribution in [3.63, 3.8) is 0 Å². The van der Waals surface area contributed by atoms with Crippen LogP contribution in [0.2, 0.25) is 0 Å².